The molecule has 0 fully saturated rings. The van der Waals surface area contributed by atoms with Crippen molar-refractivity contribution in [2.45, 2.75) is 19.3 Å². The van der Waals surface area contributed by atoms with Crippen molar-refractivity contribution in [2.24, 2.45) is 5.73 Å². The Morgan fingerprint density at radius 3 is 2.28 bits per heavy atom. The van der Waals surface area contributed by atoms with E-state index >= 15 is 0 Å². The molecule has 8 nitrogen and oxygen atoms in total. The van der Waals surface area contributed by atoms with Gasteiger partial charge in [-0.15, -0.1) is 0 Å². The molecular weight excluding hydrogens is 326 g/mol. The van der Waals surface area contributed by atoms with E-state index in [9.17, 15) is 4.79 Å². The average molecular weight is 349 g/mol. The van der Waals surface area contributed by atoms with Crippen LogP contribution in [0.3, 0.4) is 0 Å². The van der Waals surface area contributed by atoms with Crippen LogP contribution < -0.4 is 5.73 Å². The van der Waals surface area contributed by atoms with Crippen LogP contribution in [-0.4, -0.2) is 58.6 Å². The minimum absolute atomic E-state index is 0.248. The van der Waals surface area contributed by atoms with Crippen LogP contribution in [0.2, 0.25) is 0 Å². The highest BCUT2D eigenvalue weighted by molar-refractivity contribution is 6.27. The maximum Gasteiger partial charge on any atom is 0.414 e. The minimum atomic E-state index is -1.82. The third-order valence-corrected chi connectivity index (χ3v) is 3.50. The first-order valence-corrected chi connectivity index (χ1v) is 7.68. The molecule has 0 unspecified atom stereocenters. The van der Waals surface area contributed by atoms with Gasteiger partial charge in [-0.2, -0.15) is 0 Å². The summed E-state index contributed by atoms with van der Waals surface area (Å²) in [5, 5.41) is 16.0. The summed E-state index contributed by atoms with van der Waals surface area (Å²) in [6, 6.07) is 6.29. The number of likely N-dealkylation sites (N-methyl/N-ethyl adjacent to an activating group) is 1. The van der Waals surface area contributed by atoms with Gasteiger partial charge in [0.1, 0.15) is 0 Å². The van der Waals surface area contributed by atoms with E-state index in [1.807, 2.05) is 0 Å². The number of nitrogens with one attached hydrogen (secondary N) is 1. The number of H-pyrrole nitrogens is 1. The zero-order chi connectivity index (χ0) is 19.0. The molecule has 5 N–H and O–H groups in total. The first-order chi connectivity index (χ1) is 11.7. The lowest BCUT2D eigenvalue weighted by Gasteiger charge is -2.08. The van der Waals surface area contributed by atoms with E-state index < -0.39 is 11.9 Å². The van der Waals surface area contributed by atoms with Crippen molar-refractivity contribution in [1.29, 1.82) is 0 Å². The molecule has 0 saturated heterocycles. The second-order valence-electron chi connectivity index (χ2n) is 5.82. The highest BCUT2D eigenvalue weighted by Gasteiger charge is 2.06. The molecule has 0 atom stereocenters. The molecule has 2 rings (SSSR count). The smallest absolute Gasteiger partial charge is 0.414 e. The molecule has 0 aliphatic rings. The molecule has 0 radical (unpaired) electrons. The SMILES string of the molecule is CN(C)CCc1c[nH]c2ccc(CCC(N)=O)cc12.O=C(O)C(=O)O. The van der Waals surface area contributed by atoms with Crippen molar-refractivity contribution in [3.05, 3.63) is 35.5 Å². The molecule has 136 valence electrons. The number of aromatic nitrogens is 1. The monoisotopic (exact) mass is 349 g/mol. The molecule has 0 spiro atoms. The van der Waals surface area contributed by atoms with Gasteiger partial charge >= 0.3 is 11.9 Å². The van der Waals surface area contributed by atoms with Gasteiger partial charge in [0.15, 0.2) is 0 Å². The van der Waals surface area contributed by atoms with E-state index in [1.54, 1.807) is 0 Å². The van der Waals surface area contributed by atoms with Crippen molar-refractivity contribution in [2.75, 3.05) is 20.6 Å². The van der Waals surface area contributed by atoms with E-state index in [4.69, 9.17) is 25.5 Å². The fourth-order valence-corrected chi connectivity index (χ4v) is 2.20. The van der Waals surface area contributed by atoms with Crippen LogP contribution in [0.25, 0.3) is 10.9 Å². The summed E-state index contributed by atoms with van der Waals surface area (Å²) in [6.07, 6.45) is 4.21. The molecule has 1 aromatic carbocycles. The minimum Gasteiger partial charge on any atom is -0.473 e. The molecule has 0 aliphatic heterocycles. The molecule has 8 heteroatoms. The number of aromatic amines is 1. The molecular formula is C17H23N3O5. The maximum atomic E-state index is 10.8. The van der Waals surface area contributed by atoms with Crippen molar-refractivity contribution < 1.29 is 24.6 Å². The normalized spacial score (nSPS) is 10.4. The van der Waals surface area contributed by atoms with Gasteiger partial charge in [0, 0.05) is 30.1 Å². The van der Waals surface area contributed by atoms with Crippen LogP contribution in [0, 0.1) is 0 Å². The van der Waals surface area contributed by atoms with Crippen molar-refractivity contribution in [1.82, 2.24) is 9.88 Å². The summed E-state index contributed by atoms with van der Waals surface area (Å²) in [7, 11) is 4.15. The number of primary amides is 1. The van der Waals surface area contributed by atoms with Crippen LogP contribution in [0.5, 0.6) is 0 Å². The number of carboxylic acids is 2. The number of carboxylic acid groups (broad SMARTS) is 2. The number of rotatable bonds is 6. The quantitative estimate of drug-likeness (QED) is 0.571. The Kier molecular flexibility index (Phi) is 7.61. The number of hydrogen-bond acceptors (Lipinski definition) is 4. The summed E-state index contributed by atoms with van der Waals surface area (Å²) < 4.78 is 0. The Morgan fingerprint density at radius 2 is 1.76 bits per heavy atom. The van der Waals surface area contributed by atoms with E-state index in [-0.39, 0.29) is 5.91 Å². The van der Waals surface area contributed by atoms with Gasteiger partial charge in [-0.3, -0.25) is 4.79 Å². The van der Waals surface area contributed by atoms with Gasteiger partial charge in [-0.25, -0.2) is 9.59 Å². The number of fused-ring (bicyclic) bond motifs is 1. The van der Waals surface area contributed by atoms with E-state index in [2.05, 4.69) is 48.4 Å². The van der Waals surface area contributed by atoms with Crippen LogP contribution in [0.15, 0.2) is 24.4 Å². The fourth-order valence-electron chi connectivity index (χ4n) is 2.20. The first kappa shape index (κ1) is 20.2. The van der Waals surface area contributed by atoms with Gasteiger partial charge in [-0.1, -0.05) is 6.07 Å². The van der Waals surface area contributed by atoms with Gasteiger partial charge < -0.3 is 25.8 Å². The van der Waals surface area contributed by atoms with E-state index in [0.29, 0.717) is 12.8 Å². The Hall–Kier alpha value is -2.87. The summed E-state index contributed by atoms with van der Waals surface area (Å²) >= 11 is 0. The number of nitrogens with two attached hydrogens (primary N) is 1. The highest BCUT2D eigenvalue weighted by Crippen LogP contribution is 2.21. The topological polar surface area (TPSA) is 137 Å². The summed E-state index contributed by atoms with van der Waals surface area (Å²) in [5.74, 6) is -3.90. The van der Waals surface area contributed by atoms with E-state index in [0.717, 1.165) is 24.0 Å². The predicted molar refractivity (Wildman–Crippen MR) is 93.3 cm³/mol. The number of carbonyl (C=O) groups is 3. The van der Waals surface area contributed by atoms with Crippen LogP contribution in [0.4, 0.5) is 0 Å². The summed E-state index contributed by atoms with van der Waals surface area (Å²) in [6.45, 7) is 1.03. The molecule has 1 heterocycles. The molecule has 2 aromatic rings. The highest BCUT2D eigenvalue weighted by atomic mass is 16.4. The lowest BCUT2D eigenvalue weighted by atomic mass is 10.0. The zero-order valence-electron chi connectivity index (χ0n) is 14.3. The molecule has 0 bridgehead atoms. The largest absolute Gasteiger partial charge is 0.473 e. The maximum absolute atomic E-state index is 10.8. The Morgan fingerprint density at radius 1 is 1.12 bits per heavy atom. The average Bonchev–Trinajstić information content (AvgIpc) is 2.93. The van der Waals surface area contributed by atoms with Crippen LogP contribution >= 0.6 is 0 Å². The van der Waals surface area contributed by atoms with Gasteiger partial charge in [0.05, 0.1) is 0 Å². The lowest BCUT2D eigenvalue weighted by molar-refractivity contribution is -0.159. The van der Waals surface area contributed by atoms with Crippen LogP contribution in [-0.2, 0) is 27.2 Å². The first-order valence-electron chi connectivity index (χ1n) is 7.68. The lowest BCUT2D eigenvalue weighted by Crippen LogP contribution is -2.14. The third-order valence-electron chi connectivity index (χ3n) is 3.50. The number of aliphatic carboxylic acids is 2. The molecule has 0 saturated carbocycles. The van der Waals surface area contributed by atoms with Crippen molar-refractivity contribution >= 4 is 28.7 Å². The number of carbonyl (C=O) groups excluding carboxylic acids is 1. The second-order valence-corrected chi connectivity index (χ2v) is 5.82. The number of amides is 1. The number of hydrogen-bond donors (Lipinski definition) is 4. The standard InChI is InChI=1S/C15H21N3O.C2H2O4/c1-18(2)8-7-12-10-17-14-5-3-11(9-13(12)14)4-6-15(16)19;3-1(4)2(5)6/h3,5,9-10,17H,4,6-8H2,1-2H3,(H2,16,19);(H,3,4)(H,5,6). The summed E-state index contributed by atoms with van der Waals surface area (Å²) in [4.78, 5) is 34.5. The number of nitrogens with zero attached hydrogens (tertiary/aromatic N) is 1. The van der Waals surface area contributed by atoms with Crippen molar-refractivity contribution in [3.8, 4) is 0 Å². The Labute approximate surface area is 145 Å². The molecule has 25 heavy (non-hydrogen) atoms. The number of benzene rings is 1. The third kappa shape index (κ3) is 7.05. The van der Waals surface area contributed by atoms with Gasteiger partial charge in [0.2, 0.25) is 5.91 Å². The predicted octanol–water partition coefficient (Wildman–Crippen LogP) is 0.845. The van der Waals surface area contributed by atoms with Gasteiger partial charge in [-0.05, 0) is 50.2 Å². The Bertz CT molecular complexity index is 740. The van der Waals surface area contributed by atoms with E-state index in [1.165, 1.54) is 10.9 Å². The number of aryl methyl sites for hydroxylation is 1. The Balaban J connectivity index is 0.000000450. The second kappa shape index (κ2) is 9.43. The van der Waals surface area contributed by atoms with Gasteiger partial charge in [0.25, 0.3) is 0 Å². The molecule has 1 amide bonds. The van der Waals surface area contributed by atoms with Crippen molar-refractivity contribution in [3.63, 3.8) is 0 Å². The molecule has 0 aliphatic carbocycles. The summed E-state index contributed by atoms with van der Waals surface area (Å²) in [5.41, 5.74) is 8.83. The molecule has 1 aromatic heterocycles. The van der Waals surface area contributed by atoms with Crippen LogP contribution in [0.1, 0.15) is 17.5 Å². The fraction of sp³-hybridized carbons (Fsp3) is 0.353. The zero-order valence-corrected chi connectivity index (χ0v) is 14.3.